The molecule has 0 saturated carbocycles. The second-order valence-electron chi connectivity index (χ2n) is 13.0. The van der Waals surface area contributed by atoms with Gasteiger partial charge < -0.3 is 15.4 Å². The van der Waals surface area contributed by atoms with E-state index in [1.54, 1.807) is 25.1 Å². The fraction of sp³-hybridized carbons (Fsp3) is 0.389. The smallest absolute Gasteiger partial charge is 0.276 e. The molecule has 0 saturated heterocycles. The molecule has 252 valence electrons. The Morgan fingerprint density at radius 1 is 0.894 bits per heavy atom. The molecule has 4 aromatic rings. The van der Waals surface area contributed by atoms with Gasteiger partial charge in [0, 0.05) is 16.3 Å². The van der Waals surface area contributed by atoms with Crippen LogP contribution in [0.5, 0.6) is 5.75 Å². The van der Waals surface area contributed by atoms with Crippen molar-refractivity contribution >= 4 is 69.5 Å². The molecule has 1 amide bonds. The number of benzene rings is 3. The zero-order chi connectivity index (χ0) is 34.8. The average Bonchev–Trinajstić information content (AvgIpc) is 3.28. The van der Waals surface area contributed by atoms with E-state index < -0.39 is 6.10 Å². The van der Waals surface area contributed by atoms with Crippen molar-refractivity contribution < 1.29 is 9.53 Å². The average molecular weight is 721 g/mol. The molecular weight excluding hydrogens is 678 g/mol. The maximum absolute atomic E-state index is 13.6. The molecule has 0 aliphatic rings. The van der Waals surface area contributed by atoms with Crippen LogP contribution in [-0.2, 0) is 15.6 Å². The molecule has 0 bridgehead atoms. The van der Waals surface area contributed by atoms with Gasteiger partial charge in [0.05, 0.1) is 26.3 Å². The number of halogens is 4. The van der Waals surface area contributed by atoms with Gasteiger partial charge in [-0.1, -0.05) is 107 Å². The van der Waals surface area contributed by atoms with Crippen molar-refractivity contribution in [3.63, 3.8) is 0 Å². The Kier molecular flexibility index (Phi) is 11.4. The summed E-state index contributed by atoms with van der Waals surface area (Å²) in [6.45, 7) is 16.8. The van der Waals surface area contributed by atoms with E-state index in [1.807, 2.05) is 13.0 Å². The molecule has 4 rings (SSSR count). The molecule has 0 aliphatic carbocycles. The van der Waals surface area contributed by atoms with Crippen molar-refractivity contribution in [2.45, 2.75) is 91.6 Å². The Bertz CT molecular complexity index is 1820. The van der Waals surface area contributed by atoms with Gasteiger partial charge in [0.25, 0.3) is 11.5 Å². The Morgan fingerprint density at radius 2 is 1.53 bits per heavy atom. The number of hydrogen-bond donors (Lipinski definition) is 3. The number of ether oxygens (including phenoxy) is 1. The predicted molar refractivity (Wildman–Crippen MR) is 197 cm³/mol. The summed E-state index contributed by atoms with van der Waals surface area (Å²) in [5, 5.41) is 10.3. The largest absolute Gasteiger partial charge is 0.480 e. The first-order valence-electron chi connectivity index (χ1n) is 15.7. The third-order valence-corrected chi connectivity index (χ3v) is 10.1. The SMILES string of the molecule is CCC(Oc1ccc(C(C)(C)CC)cc1C(C)(C)CC)C(=O)Nc1ccc(Cl)c(Nc2[nH]n(-c3c(Cl)cc(Cl)cc3Cl)c(=O)c2C)c1. The van der Waals surface area contributed by atoms with E-state index in [0.717, 1.165) is 18.4 Å². The van der Waals surface area contributed by atoms with Gasteiger partial charge >= 0.3 is 0 Å². The molecule has 1 atom stereocenters. The number of aromatic nitrogens is 2. The van der Waals surface area contributed by atoms with E-state index in [0.29, 0.717) is 45.0 Å². The molecule has 1 unspecified atom stereocenters. The minimum absolute atomic E-state index is 0.0169. The van der Waals surface area contributed by atoms with Crippen molar-refractivity contribution in [3.8, 4) is 11.4 Å². The molecule has 3 N–H and O–H groups in total. The van der Waals surface area contributed by atoms with Crippen molar-refractivity contribution in [2.75, 3.05) is 10.6 Å². The lowest BCUT2D eigenvalue weighted by Gasteiger charge is -2.31. The third kappa shape index (κ3) is 7.97. The highest BCUT2D eigenvalue weighted by Gasteiger charge is 2.29. The van der Waals surface area contributed by atoms with Crippen LogP contribution in [0, 0.1) is 6.92 Å². The summed E-state index contributed by atoms with van der Waals surface area (Å²) in [6, 6.07) is 14.4. The lowest BCUT2D eigenvalue weighted by atomic mass is 9.76. The molecule has 3 aromatic carbocycles. The Labute approximate surface area is 296 Å². The van der Waals surface area contributed by atoms with Crippen LogP contribution in [-0.4, -0.2) is 21.8 Å². The van der Waals surface area contributed by atoms with E-state index in [4.69, 9.17) is 51.1 Å². The number of carbonyl (C=O) groups is 1. The van der Waals surface area contributed by atoms with Gasteiger partial charge in [-0.2, -0.15) is 0 Å². The topological polar surface area (TPSA) is 88.2 Å². The molecular formula is C36H42Cl4N4O3. The predicted octanol–water partition coefficient (Wildman–Crippen LogP) is 11.0. The molecule has 1 heterocycles. The molecule has 0 fully saturated rings. The van der Waals surface area contributed by atoms with E-state index in [9.17, 15) is 9.59 Å². The van der Waals surface area contributed by atoms with E-state index in [2.05, 4.69) is 69.4 Å². The van der Waals surface area contributed by atoms with Gasteiger partial charge in [-0.05, 0) is 79.0 Å². The monoisotopic (exact) mass is 718 g/mol. The first kappa shape index (κ1) is 36.7. The summed E-state index contributed by atoms with van der Waals surface area (Å²) < 4.78 is 7.68. The third-order valence-electron chi connectivity index (χ3n) is 9.01. The summed E-state index contributed by atoms with van der Waals surface area (Å²) in [6.07, 6.45) is 1.64. The van der Waals surface area contributed by atoms with Crippen molar-refractivity contribution in [3.05, 3.63) is 95.7 Å². The number of H-pyrrole nitrogens is 1. The van der Waals surface area contributed by atoms with E-state index in [1.165, 1.54) is 22.4 Å². The molecule has 47 heavy (non-hydrogen) atoms. The molecule has 1 aromatic heterocycles. The van der Waals surface area contributed by atoms with Gasteiger partial charge in [0.2, 0.25) is 0 Å². The number of hydrogen-bond acceptors (Lipinski definition) is 4. The van der Waals surface area contributed by atoms with Gasteiger partial charge in [0.15, 0.2) is 6.10 Å². The summed E-state index contributed by atoms with van der Waals surface area (Å²) in [4.78, 5) is 26.7. The summed E-state index contributed by atoms with van der Waals surface area (Å²) in [5.74, 6) is 0.789. The second kappa shape index (κ2) is 14.6. The first-order chi connectivity index (χ1) is 22.0. The number of nitrogens with one attached hydrogen (secondary N) is 3. The van der Waals surface area contributed by atoms with Crippen LogP contribution < -0.4 is 20.9 Å². The van der Waals surface area contributed by atoms with Crippen LogP contribution in [0.2, 0.25) is 20.1 Å². The van der Waals surface area contributed by atoms with Crippen LogP contribution in [0.25, 0.3) is 5.69 Å². The highest BCUT2D eigenvalue weighted by Crippen LogP contribution is 2.39. The maximum Gasteiger partial charge on any atom is 0.276 e. The number of aromatic amines is 1. The van der Waals surface area contributed by atoms with Crippen molar-refractivity contribution in [1.82, 2.24) is 9.78 Å². The van der Waals surface area contributed by atoms with E-state index >= 15 is 0 Å². The fourth-order valence-electron chi connectivity index (χ4n) is 5.06. The quantitative estimate of drug-likeness (QED) is 0.136. The zero-order valence-corrected chi connectivity index (χ0v) is 31.0. The minimum atomic E-state index is -0.736. The highest BCUT2D eigenvalue weighted by atomic mass is 35.5. The van der Waals surface area contributed by atoms with Gasteiger partial charge in [0.1, 0.15) is 17.3 Å². The first-order valence-corrected chi connectivity index (χ1v) is 17.2. The molecule has 7 nitrogen and oxygen atoms in total. The number of anilines is 3. The van der Waals surface area contributed by atoms with Crippen LogP contribution in [0.3, 0.4) is 0 Å². The number of rotatable bonds is 12. The number of carbonyl (C=O) groups excluding carboxylic acids is 1. The lowest BCUT2D eigenvalue weighted by Crippen LogP contribution is -2.33. The minimum Gasteiger partial charge on any atom is -0.480 e. The Hall–Kier alpha value is -3.10. The summed E-state index contributed by atoms with van der Waals surface area (Å²) >= 11 is 25.3. The molecule has 0 aliphatic heterocycles. The van der Waals surface area contributed by atoms with Gasteiger partial charge in [-0.15, -0.1) is 0 Å². The van der Waals surface area contributed by atoms with E-state index in [-0.39, 0.29) is 38.0 Å². The number of nitrogens with zero attached hydrogens (tertiary/aromatic N) is 1. The van der Waals surface area contributed by atoms with Crippen LogP contribution in [0.4, 0.5) is 17.2 Å². The van der Waals surface area contributed by atoms with Crippen molar-refractivity contribution in [1.29, 1.82) is 0 Å². The maximum atomic E-state index is 13.6. The number of amides is 1. The highest BCUT2D eigenvalue weighted by molar-refractivity contribution is 6.40. The van der Waals surface area contributed by atoms with Crippen molar-refractivity contribution in [2.24, 2.45) is 0 Å². The lowest BCUT2D eigenvalue weighted by molar-refractivity contribution is -0.122. The van der Waals surface area contributed by atoms with Gasteiger partial charge in [-0.25, -0.2) is 4.68 Å². The summed E-state index contributed by atoms with van der Waals surface area (Å²) in [7, 11) is 0. The van der Waals surface area contributed by atoms with Crippen LogP contribution in [0.15, 0.2) is 53.3 Å². The molecule has 0 radical (unpaired) electrons. The van der Waals surface area contributed by atoms with Crippen LogP contribution >= 0.6 is 46.4 Å². The standard InChI is InChI=1S/C36H42Cl4N4O3/c1-9-29(47-30-15-12-21(35(5,6)10-2)16-24(30)36(7,8)11-3)33(45)41-23-13-14-25(38)28(19-23)42-32-20(4)34(46)44(43-32)31-26(39)17-22(37)18-27(31)40/h12-19,29,42-43H,9-11H2,1-8H3,(H,41,45). The van der Waals surface area contributed by atoms with Crippen LogP contribution in [0.1, 0.15) is 84.4 Å². The zero-order valence-electron chi connectivity index (χ0n) is 28.0. The Balaban J connectivity index is 1.59. The molecule has 0 spiro atoms. The fourth-order valence-corrected chi connectivity index (χ4v) is 6.21. The molecule has 11 heteroatoms. The van der Waals surface area contributed by atoms with Gasteiger partial charge in [-0.3, -0.25) is 14.7 Å². The summed E-state index contributed by atoms with van der Waals surface area (Å²) in [5.41, 5.74) is 3.44. The second-order valence-corrected chi connectivity index (χ2v) is 14.6. The normalized spacial score (nSPS) is 12.6. The Morgan fingerprint density at radius 3 is 2.13 bits per heavy atom.